The molecule has 3 unspecified atom stereocenters. The Balaban J connectivity index is 1.03. The van der Waals surface area contributed by atoms with Crippen LogP contribution in [0.2, 0.25) is 0 Å². The Morgan fingerprint density at radius 3 is 1.80 bits per heavy atom. The van der Waals surface area contributed by atoms with Crippen molar-refractivity contribution in [1.29, 1.82) is 0 Å². The molecular weight excluding hydrogens is 651 g/mol. The Labute approximate surface area is 320 Å². The van der Waals surface area contributed by atoms with E-state index in [0.717, 1.165) is 35.5 Å². The first-order chi connectivity index (χ1) is 26.7. The summed E-state index contributed by atoms with van der Waals surface area (Å²) in [5.41, 5.74) is 19.0. The van der Waals surface area contributed by atoms with Crippen molar-refractivity contribution in [3.8, 4) is 33.4 Å². The lowest BCUT2D eigenvalue weighted by molar-refractivity contribution is -0.0399. The summed E-state index contributed by atoms with van der Waals surface area (Å²) in [6, 6.07) is 54.4. The molecule has 1 nitrogen and oxygen atoms in total. The number of hydrogen-bond acceptors (Lipinski definition) is 1. The Morgan fingerprint density at radius 1 is 0.426 bits per heavy atom. The lowest BCUT2D eigenvalue weighted by Gasteiger charge is -2.61. The second-order valence-electron chi connectivity index (χ2n) is 18.5. The van der Waals surface area contributed by atoms with Gasteiger partial charge in [0.1, 0.15) is 0 Å². The van der Waals surface area contributed by atoms with Crippen molar-refractivity contribution in [1.82, 2.24) is 0 Å². The van der Waals surface area contributed by atoms with Crippen LogP contribution < -0.4 is 4.90 Å². The number of nitrogens with zero attached hydrogens (tertiary/aromatic N) is 1. The first-order valence-electron chi connectivity index (χ1n) is 21.1. The standard InChI is InChI=1S/C53H47N/c1-2-9-36(10-3-1)37-18-21-41(22-19-37)54(50-16-8-15-49-51(50)44-12-5-6-13-46(44)52(49)32-33-17-20-38(52)26-33)42-23-24-48-45(31-42)43-11-4-7-14-47(43)53(48)39-27-34-25-35(29-39)30-40(53)28-34/h1-16,18-19,21-24,31,33-35,38-40H,17,20,25-30,32H2. The van der Waals surface area contributed by atoms with Crippen molar-refractivity contribution >= 4 is 17.1 Å². The Bertz CT molecular complexity index is 2460. The Hall–Kier alpha value is -4.88. The van der Waals surface area contributed by atoms with Gasteiger partial charge in [-0.1, -0.05) is 116 Å². The highest BCUT2D eigenvalue weighted by molar-refractivity contribution is 5.97. The number of benzene rings is 6. The maximum absolute atomic E-state index is 2.63. The van der Waals surface area contributed by atoms with Gasteiger partial charge in [-0.2, -0.15) is 0 Å². The molecule has 0 N–H and O–H groups in total. The Morgan fingerprint density at radius 2 is 1.06 bits per heavy atom. The minimum Gasteiger partial charge on any atom is -0.310 e. The maximum Gasteiger partial charge on any atom is 0.0543 e. The van der Waals surface area contributed by atoms with E-state index in [0.29, 0.717) is 0 Å². The van der Waals surface area contributed by atoms with Crippen LogP contribution in [0.5, 0.6) is 0 Å². The fourth-order valence-electron chi connectivity index (χ4n) is 14.8. The van der Waals surface area contributed by atoms with E-state index < -0.39 is 0 Å². The van der Waals surface area contributed by atoms with Gasteiger partial charge in [0.2, 0.25) is 0 Å². The summed E-state index contributed by atoms with van der Waals surface area (Å²) in [7, 11) is 0. The van der Waals surface area contributed by atoms with E-state index in [9.17, 15) is 0 Å². The highest BCUT2D eigenvalue weighted by Gasteiger charge is 2.62. The van der Waals surface area contributed by atoms with Gasteiger partial charge in [0.15, 0.2) is 0 Å². The number of fused-ring (bicyclic) bond motifs is 11. The molecule has 0 radical (unpaired) electrons. The highest BCUT2D eigenvalue weighted by atomic mass is 15.1. The van der Waals surface area contributed by atoms with E-state index in [1.54, 1.807) is 22.3 Å². The molecule has 8 aliphatic rings. The predicted octanol–water partition coefficient (Wildman–Crippen LogP) is 13.6. The molecule has 0 amide bonds. The van der Waals surface area contributed by atoms with E-state index in [1.807, 2.05) is 0 Å². The smallest absolute Gasteiger partial charge is 0.0543 e. The van der Waals surface area contributed by atoms with Crippen LogP contribution in [0.1, 0.15) is 80.0 Å². The van der Waals surface area contributed by atoms with Crippen LogP contribution in [-0.4, -0.2) is 0 Å². The molecule has 54 heavy (non-hydrogen) atoms. The van der Waals surface area contributed by atoms with Crippen molar-refractivity contribution in [2.24, 2.45) is 35.5 Å². The van der Waals surface area contributed by atoms with Gasteiger partial charge in [-0.25, -0.2) is 0 Å². The summed E-state index contributed by atoms with van der Waals surface area (Å²) >= 11 is 0. The van der Waals surface area contributed by atoms with Gasteiger partial charge < -0.3 is 4.90 Å². The second-order valence-corrected chi connectivity index (χ2v) is 18.5. The molecule has 14 rings (SSSR count). The summed E-state index contributed by atoms with van der Waals surface area (Å²) in [6.45, 7) is 0. The zero-order chi connectivity index (χ0) is 35.2. The van der Waals surface area contributed by atoms with Crippen LogP contribution in [0, 0.1) is 35.5 Å². The van der Waals surface area contributed by atoms with Crippen LogP contribution in [0.3, 0.4) is 0 Å². The third-order valence-electron chi connectivity index (χ3n) is 16.3. The maximum atomic E-state index is 2.63. The molecule has 8 aliphatic carbocycles. The molecule has 6 fully saturated rings. The lowest BCUT2D eigenvalue weighted by atomic mass is 9.43. The number of hydrogen-bond donors (Lipinski definition) is 0. The molecule has 0 aliphatic heterocycles. The summed E-state index contributed by atoms with van der Waals surface area (Å²) in [5, 5.41) is 0. The number of rotatable bonds is 4. The quantitative estimate of drug-likeness (QED) is 0.177. The van der Waals surface area contributed by atoms with Crippen molar-refractivity contribution in [3.63, 3.8) is 0 Å². The molecule has 6 aromatic rings. The van der Waals surface area contributed by atoms with Crippen LogP contribution in [-0.2, 0) is 10.8 Å². The van der Waals surface area contributed by atoms with Gasteiger partial charge in [-0.05, 0) is 167 Å². The number of anilines is 3. The van der Waals surface area contributed by atoms with E-state index in [4.69, 9.17) is 0 Å². The minimum atomic E-state index is 0.149. The average molecular weight is 698 g/mol. The first-order valence-corrected chi connectivity index (χ1v) is 21.1. The van der Waals surface area contributed by atoms with E-state index in [-0.39, 0.29) is 10.8 Å². The van der Waals surface area contributed by atoms with Crippen molar-refractivity contribution in [2.45, 2.75) is 68.6 Å². The predicted molar refractivity (Wildman–Crippen MR) is 221 cm³/mol. The summed E-state index contributed by atoms with van der Waals surface area (Å²) < 4.78 is 0. The largest absolute Gasteiger partial charge is 0.310 e. The van der Waals surface area contributed by atoms with Gasteiger partial charge in [-0.3, -0.25) is 0 Å². The fraction of sp³-hybridized carbons (Fsp3) is 0.321. The lowest BCUT2D eigenvalue weighted by Crippen LogP contribution is -2.55. The van der Waals surface area contributed by atoms with Crippen LogP contribution in [0.4, 0.5) is 17.1 Å². The van der Waals surface area contributed by atoms with E-state index >= 15 is 0 Å². The topological polar surface area (TPSA) is 3.24 Å². The van der Waals surface area contributed by atoms with Crippen molar-refractivity contribution in [3.05, 3.63) is 162 Å². The normalized spacial score (nSPS) is 31.2. The SMILES string of the molecule is c1ccc(-c2ccc(N(c3ccc4c(c3)-c3ccccc3C43C4CC5CC(C4)CC3C5)c3cccc4c3-c3ccccc3C43CC4CCC3C4)cc2)cc1. The van der Waals surface area contributed by atoms with Crippen LogP contribution >= 0.6 is 0 Å². The molecule has 2 spiro atoms. The first kappa shape index (κ1) is 30.4. The van der Waals surface area contributed by atoms with Gasteiger partial charge in [-0.15, -0.1) is 0 Å². The molecule has 6 aromatic carbocycles. The van der Waals surface area contributed by atoms with Crippen molar-refractivity contribution in [2.75, 3.05) is 4.90 Å². The zero-order valence-electron chi connectivity index (χ0n) is 31.1. The second kappa shape index (κ2) is 10.9. The van der Waals surface area contributed by atoms with Gasteiger partial charge in [0.05, 0.1) is 5.69 Å². The van der Waals surface area contributed by atoms with E-state index in [1.165, 1.54) is 108 Å². The molecular formula is C53H47N. The van der Waals surface area contributed by atoms with E-state index in [2.05, 4.69) is 144 Å². The Kier molecular flexibility index (Phi) is 6.13. The molecule has 6 saturated carbocycles. The third kappa shape index (κ3) is 3.81. The van der Waals surface area contributed by atoms with Crippen molar-refractivity contribution < 1.29 is 0 Å². The van der Waals surface area contributed by atoms with Gasteiger partial charge in [0.25, 0.3) is 0 Å². The fourth-order valence-corrected chi connectivity index (χ4v) is 14.8. The third-order valence-corrected chi connectivity index (χ3v) is 16.3. The van der Waals surface area contributed by atoms with Crippen LogP contribution in [0.15, 0.2) is 140 Å². The monoisotopic (exact) mass is 697 g/mol. The molecule has 3 atom stereocenters. The average Bonchev–Trinajstić information content (AvgIpc) is 3.98. The summed E-state index contributed by atoms with van der Waals surface area (Å²) in [6.07, 6.45) is 12.6. The van der Waals surface area contributed by atoms with Gasteiger partial charge in [0, 0.05) is 27.8 Å². The molecule has 0 heterocycles. The minimum absolute atomic E-state index is 0.149. The summed E-state index contributed by atoms with van der Waals surface area (Å²) in [4.78, 5) is 2.63. The molecule has 264 valence electrons. The molecule has 6 bridgehead atoms. The highest BCUT2D eigenvalue weighted by Crippen LogP contribution is 2.70. The molecule has 0 saturated heterocycles. The van der Waals surface area contributed by atoms with Crippen LogP contribution in [0.25, 0.3) is 33.4 Å². The summed E-state index contributed by atoms with van der Waals surface area (Å²) in [5.74, 6) is 5.04. The van der Waals surface area contributed by atoms with Gasteiger partial charge >= 0.3 is 0 Å². The zero-order valence-corrected chi connectivity index (χ0v) is 31.1. The molecule has 0 aromatic heterocycles. The molecule has 1 heteroatoms.